The quantitative estimate of drug-likeness (QED) is 0.311. The van der Waals surface area contributed by atoms with Gasteiger partial charge in [0.1, 0.15) is 0 Å². The molecule has 0 atom stereocenters. The third-order valence-corrected chi connectivity index (χ3v) is 5.09. The summed E-state index contributed by atoms with van der Waals surface area (Å²) in [5.41, 5.74) is 0.143. The van der Waals surface area contributed by atoms with Crippen LogP contribution in [0.4, 0.5) is 0 Å². The van der Waals surface area contributed by atoms with Crippen LogP contribution < -0.4 is 0 Å². The van der Waals surface area contributed by atoms with Gasteiger partial charge in [-0.05, 0) is 23.3 Å². The lowest BCUT2D eigenvalue weighted by molar-refractivity contribution is 0.0490. The zero-order chi connectivity index (χ0) is 20.2. The molecule has 2 aromatic rings. The molecule has 0 aliphatic heterocycles. The number of hydrogen-bond donors (Lipinski definition) is 1. The van der Waals surface area contributed by atoms with Crippen LogP contribution in [0.3, 0.4) is 0 Å². The number of unbranched alkanes of at least 4 members (excludes halogenated alkanes) is 9. The fourth-order valence-electron chi connectivity index (χ4n) is 3.50. The third kappa shape index (κ3) is 6.66. The van der Waals surface area contributed by atoms with E-state index < -0.39 is 11.9 Å². The van der Waals surface area contributed by atoms with Gasteiger partial charge in [-0.25, -0.2) is 9.59 Å². The lowest BCUT2D eigenvalue weighted by atomic mass is 9.99. The number of carbonyl (C=O) groups excluding carboxylic acids is 1. The summed E-state index contributed by atoms with van der Waals surface area (Å²) in [6.45, 7) is 2.56. The smallest absolute Gasteiger partial charge is 0.339 e. The Morgan fingerprint density at radius 2 is 1.43 bits per heavy atom. The first-order valence-corrected chi connectivity index (χ1v) is 10.6. The molecule has 0 heterocycles. The molecule has 0 radical (unpaired) electrons. The lowest BCUT2D eigenvalue weighted by Gasteiger charge is -2.10. The van der Waals surface area contributed by atoms with Crippen molar-refractivity contribution >= 4 is 22.7 Å². The lowest BCUT2D eigenvalue weighted by Crippen LogP contribution is -2.13. The maximum Gasteiger partial charge on any atom is 0.339 e. The second kappa shape index (κ2) is 12.2. The Hall–Kier alpha value is -2.36. The molecule has 0 saturated heterocycles. The van der Waals surface area contributed by atoms with E-state index in [-0.39, 0.29) is 11.1 Å². The van der Waals surface area contributed by atoms with Crippen LogP contribution in [0.2, 0.25) is 0 Å². The second-order valence-electron chi connectivity index (χ2n) is 7.33. The van der Waals surface area contributed by atoms with Gasteiger partial charge in [0.05, 0.1) is 17.7 Å². The molecule has 152 valence electrons. The van der Waals surface area contributed by atoms with E-state index in [1.54, 1.807) is 18.2 Å². The minimum atomic E-state index is -1.11. The Bertz CT molecular complexity index is 766. The summed E-state index contributed by atoms with van der Waals surface area (Å²) in [6.07, 6.45) is 12.1. The summed E-state index contributed by atoms with van der Waals surface area (Å²) in [7, 11) is 0. The topological polar surface area (TPSA) is 63.6 Å². The number of fused-ring (bicyclic) bond motifs is 1. The Labute approximate surface area is 167 Å². The third-order valence-electron chi connectivity index (χ3n) is 5.09. The van der Waals surface area contributed by atoms with Crippen molar-refractivity contribution in [3.8, 4) is 0 Å². The molecule has 0 aliphatic rings. The van der Waals surface area contributed by atoms with Crippen molar-refractivity contribution in [3.05, 3.63) is 47.5 Å². The number of rotatable bonds is 13. The van der Waals surface area contributed by atoms with Gasteiger partial charge in [0.25, 0.3) is 0 Å². The number of esters is 1. The summed E-state index contributed by atoms with van der Waals surface area (Å²) in [5, 5.41) is 10.9. The molecule has 0 bridgehead atoms. The molecule has 0 fully saturated rings. The zero-order valence-corrected chi connectivity index (χ0v) is 16.9. The number of hydrogen-bond acceptors (Lipinski definition) is 3. The van der Waals surface area contributed by atoms with Crippen molar-refractivity contribution in [1.29, 1.82) is 0 Å². The van der Waals surface area contributed by atoms with Gasteiger partial charge in [-0.15, -0.1) is 0 Å². The molecule has 0 spiro atoms. The number of carboxylic acid groups (broad SMARTS) is 1. The van der Waals surface area contributed by atoms with Crippen LogP contribution in [0.15, 0.2) is 36.4 Å². The average molecular weight is 385 g/mol. The van der Waals surface area contributed by atoms with Gasteiger partial charge in [0.15, 0.2) is 0 Å². The molecule has 0 unspecified atom stereocenters. The van der Waals surface area contributed by atoms with Crippen LogP contribution in [-0.4, -0.2) is 23.7 Å². The number of benzene rings is 2. The summed E-state index contributed by atoms with van der Waals surface area (Å²) in [5.74, 6) is -1.67. The van der Waals surface area contributed by atoms with E-state index >= 15 is 0 Å². The summed E-state index contributed by atoms with van der Waals surface area (Å²) in [4.78, 5) is 24.1. The van der Waals surface area contributed by atoms with Crippen LogP contribution in [0.25, 0.3) is 10.8 Å². The number of carboxylic acids is 1. The van der Waals surface area contributed by atoms with E-state index in [0.717, 1.165) is 24.6 Å². The van der Waals surface area contributed by atoms with Crippen LogP contribution in [0.5, 0.6) is 0 Å². The highest BCUT2D eigenvalue weighted by atomic mass is 16.5. The van der Waals surface area contributed by atoms with E-state index in [0.29, 0.717) is 12.0 Å². The van der Waals surface area contributed by atoms with Gasteiger partial charge in [-0.2, -0.15) is 0 Å². The summed E-state index contributed by atoms with van der Waals surface area (Å²) < 4.78 is 5.40. The van der Waals surface area contributed by atoms with Crippen molar-refractivity contribution in [2.75, 3.05) is 6.61 Å². The monoisotopic (exact) mass is 384 g/mol. The van der Waals surface area contributed by atoms with Crippen molar-refractivity contribution in [2.45, 2.75) is 71.1 Å². The molecule has 0 saturated carbocycles. The zero-order valence-electron chi connectivity index (χ0n) is 16.9. The molecule has 0 amide bonds. The number of ether oxygens (including phenoxy) is 1. The van der Waals surface area contributed by atoms with E-state index in [4.69, 9.17) is 4.74 Å². The minimum absolute atomic E-state index is 0.00762. The van der Waals surface area contributed by atoms with Crippen molar-refractivity contribution in [1.82, 2.24) is 0 Å². The number of carbonyl (C=O) groups is 2. The van der Waals surface area contributed by atoms with Gasteiger partial charge in [-0.3, -0.25) is 0 Å². The first kappa shape index (κ1) is 21.9. The normalized spacial score (nSPS) is 10.9. The van der Waals surface area contributed by atoms with Gasteiger partial charge >= 0.3 is 11.9 Å². The molecule has 0 aliphatic carbocycles. The van der Waals surface area contributed by atoms with Crippen LogP contribution in [0, 0.1) is 0 Å². The highest BCUT2D eigenvalue weighted by molar-refractivity contribution is 6.12. The molecule has 0 aromatic heterocycles. The minimum Gasteiger partial charge on any atom is -0.478 e. The fourth-order valence-corrected chi connectivity index (χ4v) is 3.50. The van der Waals surface area contributed by atoms with E-state index in [1.165, 1.54) is 51.0 Å². The Morgan fingerprint density at radius 1 is 0.821 bits per heavy atom. The maximum absolute atomic E-state index is 12.6. The van der Waals surface area contributed by atoms with E-state index in [1.807, 2.05) is 12.1 Å². The maximum atomic E-state index is 12.6. The van der Waals surface area contributed by atoms with Gasteiger partial charge in [0.2, 0.25) is 0 Å². The average Bonchev–Trinajstić information content (AvgIpc) is 2.70. The van der Waals surface area contributed by atoms with Crippen LogP contribution in [0.1, 0.15) is 91.8 Å². The van der Waals surface area contributed by atoms with Crippen LogP contribution >= 0.6 is 0 Å². The van der Waals surface area contributed by atoms with Crippen molar-refractivity contribution < 1.29 is 19.4 Å². The Morgan fingerprint density at radius 3 is 2.07 bits per heavy atom. The van der Waals surface area contributed by atoms with Crippen LogP contribution in [-0.2, 0) is 4.74 Å². The molecule has 1 N–H and O–H groups in total. The SMILES string of the molecule is CCCCCCCCCCCCOC(=O)c1c(C(=O)O)ccc2ccccc12. The first-order chi connectivity index (χ1) is 13.6. The second-order valence-corrected chi connectivity index (χ2v) is 7.33. The predicted octanol–water partition coefficient (Wildman–Crippen LogP) is 6.62. The molecular weight excluding hydrogens is 352 g/mol. The highest BCUT2D eigenvalue weighted by Gasteiger charge is 2.20. The Balaban J connectivity index is 1.76. The van der Waals surface area contributed by atoms with E-state index in [9.17, 15) is 14.7 Å². The molecule has 4 nitrogen and oxygen atoms in total. The largest absolute Gasteiger partial charge is 0.478 e. The molecule has 2 aromatic carbocycles. The van der Waals surface area contributed by atoms with Gasteiger partial charge < -0.3 is 9.84 Å². The van der Waals surface area contributed by atoms with Crippen molar-refractivity contribution in [2.24, 2.45) is 0 Å². The highest BCUT2D eigenvalue weighted by Crippen LogP contribution is 2.24. The molecule has 2 rings (SSSR count). The summed E-state index contributed by atoms with van der Waals surface area (Å²) >= 11 is 0. The van der Waals surface area contributed by atoms with Gasteiger partial charge in [-0.1, -0.05) is 95.0 Å². The van der Waals surface area contributed by atoms with Crippen molar-refractivity contribution in [3.63, 3.8) is 0 Å². The predicted molar refractivity (Wildman–Crippen MR) is 113 cm³/mol. The first-order valence-electron chi connectivity index (χ1n) is 10.6. The fraction of sp³-hybridized carbons (Fsp3) is 0.500. The molecule has 28 heavy (non-hydrogen) atoms. The molecular formula is C24H32O4. The number of aromatic carboxylic acids is 1. The van der Waals surface area contributed by atoms with E-state index in [2.05, 4.69) is 6.92 Å². The standard InChI is InChI=1S/C24H32O4/c1-2-3-4-5-6-7-8-9-10-13-18-28-24(27)22-20-15-12-11-14-19(20)16-17-21(22)23(25)26/h11-12,14-17H,2-10,13,18H2,1H3,(H,25,26). The van der Waals surface area contributed by atoms with Gasteiger partial charge in [0, 0.05) is 0 Å². The Kier molecular flexibility index (Phi) is 9.53. The summed E-state index contributed by atoms with van der Waals surface area (Å²) in [6, 6.07) is 10.5. The molecule has 4 heteroatoms.